The van der Waals surface area contributed by atoms with Crippen molar-refractivity contribution in [3.05, 3.63) is 71.4 Å². The van der Waals surface area contributed by atoms with Crippen LogP contribution in [-0.2, 0) is 22.9 Å². The number of nitrogens with one attached hydrogen (secondary N) is 2. The van der Waals surface area contributed by atoms with Gasteiger partial charge in [-0.15, -0.1) is 0 Å². The predicted octanol–water partition coefficient (Wildman–Crippen LogP) is 5.33. The third kappa shape index (κ3) is 5.11. The second-order valence-electron chi connectivity index (χ2n) is 10.5. The maximum Gasteiger partial charge on any atom is 0.255 e. The van der Waals surface area contributed by atoms with E-state index in [0.29, 0.717) is 45.0 Å². The number of imidazole rings is 1. The molecule has 0 fully saturated rings. The van der Waals surface area contributed by atoms with E-state index in [9.17, 15) is 17.6 Å². The number of benzene rings is 2. The van der Waals surface area contributed by atoms with Gasteiger partial charge >= 0.3 is 0 Å². The highest BCUT2D eigenvalue weighted by atomic mass is 32.2. The summed E-state index contributed by atoms with van der Waals surface area (Å²) >= 11 is 0. The van der Waals surface area contributed by atoms with Gasteiger partial charge in [-0.1, -0.05) is 0 Å². The van der Waals surface area contributed by atoms with Crippen molar-refractivity contribution in [2.24, 2.45) is 0 Å². The molecule has 10 nitrogen and oxygen atoms in total. The molecule has 43 heavy (non-hydrogen) atoms. The molecular weight excluding hydrogens is 573 g/mol. The predicted molar refractivity (Wildman–Crippen MR) is 162 cm³/mol. The number of ether oxygens (including phenoxy) is 1. The normalized spacial score (nSPS) is 13.1. The molecule has 3 heterocycles. The summed E-state index contributed by atoms with van der Waals surface area (Å²) in [4.78, 5) is 26.0. The van der Waals surface area contributed by atoms with Crippen LogP contribution in [0.4, 0.5) is 10.1 Å². The van der Waals surface area contributed by atoms with Crippen molar-refractivity contribution in [3.8, 4) is 39.7 Å². The van der Waals surface area contributed by atoms with E-state index in [0.717, 1.165) is 47.6 Å². The monoisotopic (exact) mass is 603 g/mol. The number of carbonyl (C=O) groups excluding carboxylic acids is 1. The quantitative estimate of drug-likeness (QED) is 0.257. The highest BCUT2D eigenvalue weighted by molar-refractivity contribution is 7.92. The van der Waals surface area contributed by atoms with Crippen molar-refractivity contribution in [3.63, 3.8) is 0 Å². The molecule has 3 aromatic heterocycles. The topological polar surface area (TPSA) is 130 Å². The van der Waals surface area contributed by atoms with E-state index >= 15 is 0 Å². The van der Waals surface area contributed by atoms with Crippen LogP contribution in [0.25, 0.3) is 44.8 Å². The number of halogens is 1. The number of hydrogen-bond acceptors (Lipinski definition) is 7. The molecule has 5 aromatic rings. The number of aryl methyl sites for hydroxylation is 2. The van der Waals surface area contributed by atoms with Crippen LogP contribution in [-0.4, -0.2) is 56.7 Å². The molecule has 0 aliphatic heterocycles. The summed E-state index contributed by atoms with van der Waals surface area (Å²) in [5.74, 6) is 0.366. The van der Waals surface area contributed by atoms with E-state index in [2.05, 4.69) is 15.3 Å². The number of nitrogens with zero attached hydrogens (tertiary/aromatic N) is 3. The average molecular weight is 604 g/mol. The van der Waals surface area contributed by atoms with Crippen LogP contribution in [0.3, 0.4) is 0 Å². The standard InChI is InChI=1S/C31H30FN5O5S/c1-33-30(38)27-21-14-20(18-13-22(31(41-3)34-16-18)29-35-23-7-5-6-8-24(23)36-29)25(37(2)43(4,39)40)15-26(21)42-28(27)17-9-11-19(32)12-10-17/h9-16H,5-8H2,1-4H3,(H,33,38)(H,35,36). The third-order valence-electron chi connectivity index (χ3n) is 7.77. The van der Waals surface area contributed by atoms with Crippen LogP contribution < -0.4 is 14.4 Å². The van der Waals surface area contributed by atoms with Gasteiger partial charge in [-0.05, 0) is 62.1 Å². The average Bonchev–Trinajstić information content (AvgIpc) is 3.61. The summed E-state index contributed by atoms with van der Waals surface area (Å²) in [6.45, 7) is 0. The maximum absolute atomic E-state index is 13.7. The number of hydrogen-bond donors (Lipinski definition) is 2. The molecule has 0 saturated carbocycles. The van der Waals surface area contributed by atoms with Gasteiger partial charge in [-0.3, -0.25) is 9.10 Å². The van der Waals surface area contributed by atoms with Crippen LogP contribution in [0.15, 0.2) is 53.1 Å². The Labute approximate surface area is 248 Å². The van der Waals surface area contributed by atoms with Gasteiger partial charge in [0.05, 0.1) is 35.9 Å². The molecule has 2 aromatic carbocycles. The fourth-order valence-corrected chi connectivity index (χ4v) is 5.98. The Morgan fingerprint density at radius 2 is 1.84 bits per heavy atom. The number of H-pyrrole nitrogens is 1. The van der Waals surface area contributed by atoms with Crippen molar-refractivity contribution in [1.82, 2.24) is 20.3 Å². The second kappa shape index (κ2) is 10.8. The fraction of sp³-hybridized carbons (Fsp3) is 0.258. The summed E-state index contributed by atoms with van der Waals surface area (Å²) in [5.41, 5.74) is 5.12. The first-order valence-electron chi connectivity index (χ1n) is 13.7. The van der Waals surface area contributed by atoms with Crippen molar-refractivity contribution in [2.75, 3.05) is 31.8 Å². The SMILES string of the molecule is CNC(=O)c1c(-c2ccc(F)cc2)oc2cc(N(C)S(C)(=O)=O)c(-c3cnc(OC)c(-c4nc5c([nH]4)CCCC5)c3)cc12. The molecule has 222 valence electrons. The van der Waals surface area contributed by atoms with Crippen molar-refractivity contribution in [1.29, 1.82) is 0 Å². The minimum Gasteiger partial charge on any atom is -0.480 e. The molecule has 0 unspecified atom stereocenters. The largest absolute Gasteiger partial charge is 0.480 e. The summed E-state index contributed by atoms with van der Waals surface area (Å²) in [5, 5.41) is 3.10. The van der Waals surface area contributed by atoms with Gasteiger partial charge < -0.3 is 19.5 Å². The highest BCUT2D eigenvalue weighted by Crippen LogP contribution is 2.42. The number of anilines is 1. The Bertz CT molecular complexity index is 1960. The van der Waals surface area contributed by atoms with Crippen LogP contribution >= 0.6 is 0 Å². The molecule has 1 amide bonds. The Morgan fingerprint density at radius 3 is 2.51 bits per heavy atom. The minimum absolute atomic E-state index is 0.231. The lowest BCUT2D eigenvalue weighted by atomic mass is 9.98. The zero-order chi connectivity index (χ0) is 30.5. The molecule has 0 radical (unpaired) electrons. The van der Waals surface area contributed by atoms with Crippen molar-refractivity contribution < 1.29 is 26.8 Å². The summed E-state index contributed by atoms with van der Waals surface area (Å²) in [7, 11) is 0.774. The molecular formula is C31H30FN5O5S. The number of sulfonamides is 1. The zero-order valence-corrected chi connectivity index (χ0v) is 24.9. The number of amides is 1. The highest BCUT2D eigenvalue weighted by Gasteiger charge is 2.27. The zero-order valence-electron chi connectivity index (χ0n) is 24.1. The number of fused-ring (bicyclic) bond motifs is 2. The van der Waals surface area contributed by atoms with Crippen LogP contribution in [0.2, 0.25) is 0 Å². The third-order valence-corrected chi connectivity index (χ3v) is 8.96. The van der Waals surface area contributed by atoms with E-state index in [1.54, 1.807) is 18.3 Å². The molecule has 1 aliphatic carbocycles. The number of carbonyl (C=O) groups is 1. The molecule has 0 atom stereocenters. The lowest BCUT2D eigenvalue weighted by molar-refractivity contribution is 0.0964. The lowest BCUT2D eigenvalue weighted by Crippen LogP contribution is -2.25. The van der Waals surface area contributed by atoms with Crippen molar-refractivity contribution in [2.45, 2.75) is 25.7 Å². The molecule has 6 rings (SSSR count). The molecule has 1 aliphatic rings. The number of aromatic amines is 1. The Kier molecular flexibility index (Phi) is 7.17. The summed E-state index contributed by atoms with van der Waals surface area (Å²) in [6, 6.07) is 10.7. The number of aromatic nitrogens is 3. The Hall–Kier alpha value is -4.71. The second-order valence-corrected chi connectivity index (χ2v) is 12.5. The van der Waals surface area contributed by atoms with Gasteiger partial charge in [0.15, 0.2) is 0 Å². The number of furan rings is 1. The van der Waals surface area contributed by atoms with Gasteiger partial charge in [0, 0.05) is 54.1 Å². The summed E-state index contributed by atoms with van der Waals surface area (Å²) < 4.78 is 52.2. The van der Waals surface area contributed by atoms with Crippen LogP contribution in [0.1, 0.15) is 34.6 Å². The molecule has 0 spiro atoms. The van der Waals surface area contributed by atoms with Gasteiger partial charge in [-0.25, -0.2) is 22.8 Å². The Balaban J connectivity index is 1.61. The van der Waals surface area contributed by atoms with E-state index in [-0.39, 0.29) is 16.9 Å². The number of methoxy groups -OCH3 is 1. The van der Waals surface area contributed by atoms with E-state index in [1.165, 1.54) is 45.5 Å². The molecule has 2 N–H and O–H groups in total. The number of pyridine rings is 1. The fourth-order valence-electron chi connectivity index (χ4n) is 5.47. The minimum atomic E-state index is -3.71. The van der Waals surface area contributed by atoms with Gasteiger partial charge in [0.2, 0.25) is 15.9 Å². The van der Waals surface area contributed by atoms with E-state index in [4.69, 9.17) is 14.1 Å². The van der Waals surface area contributed by atoms with Crippen molar-refractivity contribution >= 4 is 32.6 Å². The van der Waals surface area contributed by atoms with Gasteiger partial charge in [0.25, 0.3) is 5.91 Å². The first kappa shape index (κ1) is 28.4. The van der Waals surface area contributed by atoms with Crippen LogP contribution in [0.5, 0.6) is 5.88 Å². The number of rotatable bonds is 7. The first-order chi connectivity index (χ1) is 20.6. The van der Waals surface area contributed by atoms with E-state index in [1.807, 2.05) is 6.07 Å². The molecule has 12 heteroatoms. The van der Waals surface area contributed by atoms with Crippen LogP contribution in [0, 0.1) is 5.82 Å². The lowest BCUT2D eigenvalue weighted by Gasteiger charge is -2.21. The van der Waals surface area contributed by atoms with Gasteiger partial charge in [-0.2, -0.15) is 0 Å². The summed E-state index contributed by atoms with van der Waals surface area (Å²) in [6.07, 6.45) is 6.66. The van der Waals surface area contributed by atoms with Gasteiger partial charge in [0.1, 0.15) is 23.0 Å². The molecule has 0 bridgehead atoms. The first-order valence-corrected chi connectivity index (χ1v) is 15.6. The Morgan fingerprint density at radius 1 is 1.09 bits per heavy atom. The smallest absolute Gasteiger partial charge is 0.255 e. The molecule has 0 saturated heterocycles. The van der Waals surface area contributed by atoms with E-state index < -0.39 is 21.7 Å². The maximum atomic E-state index is 13.7.